The van der Waals surface area contributed by atoms with Crippen molar-refractivity contribution in [3.63, 3.8) is 0 Å². The molecule has 1 aliphatic heterocycles. The van der Waals surface area contributed by atoms with Gasteiger partial charge in [-0.1, -0.05) is 0 Å². The van der Waals surface area contributed by atoms with E-state index in [1.165, 1.54) is 33.5 Å². The number of fused-ring (bicyclic) bond motifs is 1. The topological polar surface area (TPSA) is 40.1 Å². The summed E-state index contributed by atoms with van der Waals surface area (Å²) in [4.78, 5) is 15.4. The summed E-state index contributed by atoms with van der Waals surface area (Å²) < 4.78 is 1.34. The summed E-state index contributed by atoms with van der Waals surface area (Å²) in [5.41, 5.74) is 2.69. The molecule has 1 aliphatic rings. The molecule has 0 saturated carbocycles. The van der Waals surface area contributed by atoms with E-state index in [0.717, 1.165) is 11.3 Å². The molecule has 0 aliphatic carbocycles. The Balaban J connectivity index is 1.80. The van der Waals surface area contributed by atoms with Gasteiger partial charge >= 0.3 is 153 Å². The van der Waals surface area contributed by atoms with Gasteiger partial charge in [0.25, 0.3) is 0 Å². The summed E-state index contributed by atoms with van der Waals surface area (Å²) in [5.74, 6) is 3.14. The van der Waals surface area contributed by atoms with Crippen molar-refractivity contribution in [1.29, 1.82) is 0 Å². The first kappa shape index (κ1) is 17.2. The number of thioether (sulfide) groups is 1. The van der Waals surface area contributed by atoms with Crippen LogP contribution in [0, 0.1) is 10.7 Å². The first-order valence-electron chi connectivity index (χ1n) is 7.73. The summed E-state index contributed by atoms with van der Waals surface area (Å²) in [7, 11) is 0. The van der Waals surface area contributed by atoms with Crippen LogP contribution in [0.1, 0.15) is 41.8 Å². The summed E-state index contributed by atoms with van der Waals surface area (Å²) >= 11 is 2.03. The van der Waals surface area contributed by atoms with Gasteiger partial charge in [-0.15, -0.1) is 0 Å². The van der Waals surface area contributed by atoms with Gasteiger partial charge in [0.15, 0.2) is 0 Å². The molecule has 2 aromatic rings. The third-order valence-corrected chi connectivity index (χ3v) is 7.19. The number of carbonyl (C=O) groups is 1. The molecule has 0 fully saturated rings. The summed E-state index contributed by atoms with van der Waals surface area (Å²) in [5, 5.41) is 10.8. The average Bonchev–Trinajstić information content (AvgIpc) is 2.55. The predicted molar refractivity (Wildman–Crippen MR) is 97.8 cm³/mol. The molecule has 0 unspecified atom stereocenters. The number of benzene rings is 2. The van der Waals surface area contributed by atoms with Gasteiger partial charge in [0.1, 0.15) is 0 Å². The Morgan fingerprint density at radius 2 is 1.96 bits per heavy atom. The second-order valence-electron chi connectivity index (χ2n) is 6.31. The Morgan fingerprint density at radius 1 is 1.21 bits per heavy atom. The molecule has 0 atom stereocenters. The Hall–Kier alpha value is -1.66. The molecule has 122 valence electrons. The number of aromatic carboxylic acids is 1. The number of rotatable bonds is 2. The van der Waals surface area contributed by atoms with Gasteiger partial charge in [-0.3, -0.25) is 0 Å². The van der Waals surface area contributed by atoms with E-state index in [4.69, 9.17) is 0 Å². The van der Waals surface area contributed by atoms with Crippen molar-refractivity contribution in [1.82, 2.24) is 0 Å². The van der Waals surface area contributed by atoms with E-state index in [1.807, 2.05) is 11.8 Å². The third kappa shape index (κ3) is 3.70. The standard InChI is InChI=1S/C20H18O2SSe/c1-20(2)11-12-23-18-16(20)4-3-5-17(18)24-13-10-14-6-8-15(9-7-14)19(21)22/h3-9H,11-12H2,1-2H3,(H,21,22)/p-1. The van der Waals surface area contributed by atoms with Crippen LogP contribution < -0.4 is 9.57 Å². The van der Waals surface area contributed by atoms with Crippen LogP contribution in [0.4, 0.5) is 0 Å². The normalized spacial score (nSPS) is 15.1. The maximum atomic E-state index is 10.8. The van der Waals surface area contributed by atoms with Crippen LogP contribution in [0.25, 0.3) is 0 Å². The second-order valence-corrected chi connectivity index (χ2v) is 9.19. The molecule has 0 spiro atoms. The fourth-order valence-electron chi connectivity index (χ4n) is 2.65. The van der Waals surface area contributed by atoms with Gasteiger partial charge in [-0.2, -0.15) is 0 Å². The van der Waals surface area contributed by atoms with E-state index >= 15 is 0 Å². The second kappa shape index (κ2) is 7.07. The van der Waals surface area contributed by atoms with Gasteiger partial charge in [-0.05, 0) is 0 Å². The van der Waals surface area contributed by atoms with Crippen molar-refractivity contribution in [2.45, 2.75) is 30.6 Å². The van der Waals surface area contributed by atoms with Crippen LogP contribution in [0.5, 0.6) is 0 Å². The first-order valence-corrected chi connectivity index (χ1v) is 10.4. The van der Waals surface area contributed by atoms with Gasteiger partial charge in [-0.25, -0.2) is 0 Å². The van der Waals surface area contributed by atoms with Gasteiger partial charge in [0, 0.05) is 0 Å². The van der Waals surface area contributed by atoms with E-state index in [2.05, 4.69) is 42.8 Å². The van der Waals surface area contributed by atoms with Crippen LogP contribution in [0.3, 0.4) is 0 Å². The van der Waals surface area contributed by atoms with Crippen molar-refractivity contribution < 1.29 is 9.90 Å². The Morgan fingerprint density at radius 3 is 2.67 bits per heavy atom. The number of carboxylic acid groups (broad SMARTS) is 1. The van der Waals surface area contributed by atoms with Gasteiger partial charge < -0.3 is 0 Å². The molecular formula is C20H17O2SSe-. The van der Waals surface area contributed by atoms with E-state index in [0.29, 0.717) is 0 Å². The Bertz CT molecular complexity index is 829. The molecule has 0 aromatic heterocycles. The SMILES string of the molecule is CC1(C)CCSc2c([Se]C#Cc3ccc(C(=O)[O-])cc3)cccc21. The van der Waals surface area contributed by atoms with E-state index in [-0.39, 0.29) is 25.9 Å². The molecule has 1 heterocycles. The fraction of sp³-hybridized carbons (Fsp3) is 0.250. The predicted octanol–water partition coefficient (Wildman–Crippen LogP) is 2.16. The number of carboxylic acids is 1. The zero-order chi connectivity index (χ0) is 17.2. The third-order valence-electron chi connectivity index (χ3n) is 4.16. The molecule has 4 heteroatoms. The zero-order valence-electron chi connectivity index (χ0n) is 13.6. The molecule has 2 aromatic carbocycles. The van der Waals surface area contributed by atoms with Crippen molar-refractivity contribution in [2.24, 2.45) is 0 Å². The van der Waals surface area contributed by atoms with E-state index in [1.54, 1.807) is 12.1 Å². The summed E-state index contributed by atoms with van der Waals surface area (Å²) in [6.07, 6.45) is 1.21. The van der Waals surface area contributed by atoms with Crippen LogP contribution >= 0.6 is 11.8 Å². The van der Waals surface area contributed by atoms with Crippen LogP contribution in [0.2, 0.25) is 0 Å². The molecule has 24 heavy (non-hydrogen) atoms. The van der Waals surface area contributed by atoms with Gasteiger partial charge in [0.05, 0.1) is 0 Å². The van der Waals surface area contributed by atoms with Crippen molar-refractivity contribution in [2.75, 3.05) is 5.75 Å². The summed E-state index contributed by atoms with van der Waals surface area (Å²) in [6.45, 7) is 4.62. The van der Waals surface area contributed by atoms with Crippen molar-refractivity contribution in [3.8, 4) is 10.7 Å². The van der Waals surface area contributed by atoms with Gasteiger partial charge in [0.2, 0.25) is 0 Å². The van der Waals surface area contributed by atoms with E-state index in [9.17, 15) is 9.90 Å². The minimum atomic E-state index is -1.16. The van der Waals surface area contributed by atoms with Crippen LogP contribution in [-0.2, 0) is 5.41 Å². The molecule has 0 bridgehead atoms. The number of carbonyl (C=O) groups excluding carboxylic acids is 1. The minimum absolute atomic E-state index is 0.0821. The van der Waals surface area contributed by atoms with E-state index < -0.39 is 5.97 Å². The van der Waals surface area contributed by atoms with Crippen molar-refractivity contribution in [3.05, 3.63) is 59.2 Å². The molecule has 3 rings (SSSR count). The van der Waals surface area contributed by atoms with Crippen molar-refractivity contribution >= 4 is 37.1 Å². The monoisotopic (exact) mass is 401 g/mol. The molecule has 0 N–H and O–H groups in total. The molecule has 0 saturated heterocycles. The fourth-order valence-corrected chi connectivity index (χ4v) is 6.08. The number of hydrogen-bond acceptors (Lipinski definition) is 3. The molecule has 2 nitrogen and oxygen atoms in total. The quantitative estimate of drug-likeness (QED) is 0.573. The Kier molecular flexibility index (Phi) is 5.06. The average molecular weight is 400 g/mol. The first-order chi connectivity index (χ1) is 11.5. The Labute approximate surface area is 153 Å². The summed E-state index contributed by atoms with van der Waals surface area (Å²) in [6, 6.07) is 13.1. The molecule has 0 amide bonds. The van der Waals surface area contributed by atoms with Crippen LogP contribution in [0.15, 0.2) is 47.4 Å². The van der Waals surface area contributed by atoms with Crippen LogP contribution in [-0.4, -0.2) is 26.7 Å². The molecular weight excluding hydrogens is 383 g/mol. The maximum absolute atomic E-state index is 10.8. The number of hydrogen-bond donors (Lipinski definition) is 0. The molecule has 0 radical (unpaired) electrons. The zero-order valence-corrected chi connectivity index (χ0v) is 16.1.